The SMILES string of the molecule is CC(C)C(SCc1ccccc1)C(=O)NCCC1CCNC1. The number of rotatable bonds is 8. The smallest absolute Gasteiger partial charge is 0.233 e. The van der Waals surface area contributed by atoms with Crippen molar-refractivity contribution < 1.29 is 4.79 Å². The molecular formula is C18H28N2OS. The number of hydrogen-bond donors (Lipinski definition) is 2. The lowest BCUT2D eigenvalue weighted by atomic mass is 10.0. The molecule has 0 spiro atoms. The van der Waals surface area contributed by atoms with Gasteiger partial charge in [0.25, 0.3) is 0 Å². The highest BCUT2D eigenvalue weighted by molar-refractivity contribution is 7.99. The molecule has 1 amide bonds. The summed E-state index contributed by atoms with van der Waals surface area (Å²) in [6.07, 6.45) is 2.33. The molecule has 2 N–H and O–H groups in total. The summed E-state index contributed by atoms with van der Waals surface area (Å²) in [7, 11) is 0. The van der Waals surface area contributed by atoms with Gasteiger partial charge in [0.15, 0.2) is 0 Å². The zero-order valence-electron chi connectivity index (χ0n) is 13.7. The first-order valence-corrected chi connectivity index (χ1v) is 9.35. The number of carbonyl (C=O) groups excluding carboxylic acids is 1. The number of thioether (sulfide) groups is 1. The Morgan fingerprint density at radius 1 is 1.36 bits per heavy atom. The Morgan fingerprint density at radius 3 is 2.77 bits per heavy atom. The normalized spacial score (nSPS) is 19.3. The second-order valence-electron chi connectivity index (χ2n) is 6.40. The fraction of sp³-hybridized carbons (Fsp3) is 0.611. The number of carbonyl (C=O) groups is 1. The minimum atomic E-state index is 0.0295. The van der Waals surface area contributed by atoms with Gasteiger partial charge in [0.05, 0.1) is 5.25 Å². The van der Waals surface area contributed by atoms with Crippen molar-refractivity contribution in [2.45, 2.75) is 37.7 Å². The van der Waals surface area contributed by atoms with Gasteiger partial charge in [-0.3, -0.25) is 4.79 Å². The Kier molecular flexibility index (Phi) is 7.26. The summed E-state index contributed by atoms with van der Waals surface area (Å²) in [5, 5.41) is 6.54. The maximum Gasteiger partial charge on any atom is 0.233 e. The van der Waals surface area contributed by atoms with Gasteiger partial charge in [0.1, 0.15) is 0 Å². The fourth-order valence-corrected chi connectivity index (χ4v) is 3.98. The van der Waals surface area contributed by atoms with Crippen molar-refractivity contribution in [1.29, 1.82) is 0 Å². The van der Waals surface area contributed by atoms with E-state index in [1.807, 2.05) is 6.07 Å². The molecule has 0 bridgehead atoms. The molecule has 22 heavy (non-hydrogen) atoms. The minimum Gasteiger partial charge on any atom is -0.355 e. The van der Waals surface area contributed by atoms with Gasteiger partial charge in [-0.2, -0.15) is 0 Å². The zero-order chi connectivity index (χ0) is 15.8. The number of hydrogen-bond acceptors (Lipinski definition) is 3. The molecule has 1 aromatic carbocycles. The lowest BCUT2D eigenvalue weighted by Gasteiger charge is -2.20. The van der Waals surface area contributed by atoms with Crippen molar-refractivity contribution in [2.24, 2.45) is 11.8 Å². The quantitative estimate of drug-likeness (QED) is 0.773. The van der Waals surface area contributed by atoms with Crippen LogP contribution in [0.1, 0.15) is 32.3 Å². The molecule has 1 aliphatic rings. The third-order valence-electron chi connectivity index (χ3n) is 4.15. The lowest BCUT2D eigenvalue weighted by Crippen LogP contribution is -2.37. The molecule has 1 aromatic rings. The van der Waals surface area contributed by atoms with Crippen LogP contribution in [0, 0.1) is 11.8 Å². The van der Waals surface area contributed by atoms with E-state index in [9.17, 15) is 4.79 Å². The van der Waals surface area contributed by atoms with E-state index >= 15 is 0 Å². The van der Waals surface area contributed by atoms with Crippen molar-refractivity contribution in [3.63, 3.8) is 0 Å². The van der Waals surface area contributed by atoms with Crippen molar-refractivity contribution in [3.05, 3.63) is 35.9 Å². The molecule has 2 rings (SSSR count). The third kappa shape index (κ3) is 5.65. The molecule has 1 saturated heterocycles. The monoisotopic (exact) mass is 320 g/mol. The van der Waals surface area contributed by atoms with Crippen LogP contribution in [0.5, 0.6) is 0 Å². The van der Waals surface area contributed by atoms with E-state index in [4.69, 9.17) is 0 Å². The second-order valence-corrected chi connectivity index (χ2v) is 7.53. The summed E-state index contributed by atoms with van der Waals surface area (Å²) in [4.78, 5) is 12.4. The topological polar surface area (TPSA) is 41.1 Å². The Hall–Kier alpha value is -1.00. The Labute approximate surface area is 138 Å². The molecule has 0 aromatic heterocycles. The van der Waals surface area contributed by atoms with Crippen LogP contribution >= 0.6 is 11.8 Å². The van der Waals surface area contributed by atoms with Crippen LogP contribution in [0.4, 0.5) is 0 Å². The number of benzene rings is 1. The molecule has 1 fully saturated rings. The average molecular weight is 321 g/mol. The molecule has 1 aliphatic heterocycles. The first kappa shape index (κ1) is 17.4. The summed E-state index contributed by atoms with van der Waals surface area (Å²) in [5.41, 5.74) is 1.28. The summed E-state index contributed by atoms with van der Waals surface area (Å²) in [5.74, 6) is 2.17. The van der Waals surface area contributed by atoms with Crippen LogP contribution in [0.25, 0.3) is 0 Å². The average Bonchev–Trinajstić information content (AvgIpc) is 3.01. The van der Waals surface area contributed by atoms with Crippen LogP contribution in [0.2, 0.25) is 0 Å². The second kappa shape index (κ2) is 9.21. The van der Waals surface area contributed by atoms with Gasteiger partial charge in [-0.25, -0.2) is 0 Å². The van der Waals surface area contributed by atoms with E-state index in [1.165, 1.54) is 12.0 Å². The molecule has 1 heterocycles. The highest BCUT2D eigenvalue weighted by Gasteiger charge is 2.23. The van der Waals surface area contributed by atoms with Crippen molar-refractivity contribution >= 4 is 17.7 Å². The van der Waals surface area contributed by atoms with Crippen LogP contribution in [0.15, 0.2) is 30.3 Å². The maximum absolute atomic E-state index is 12.4. The highest BCUT2D eigenvalue weighted by Crippen LogP contribution is 2.24. The van der Waals surface area contributed by atoms with E-state index in [0.29, 0.717) is 5.92 Å². The van der Waals surface area contributed by atoms with Gasteiger partial charge in [-0.05, 0) is 43.3 Å². The summed E-state index contributed by atoms with van der Waals surface area (Å²) < 4.78 is 0. The molecule has 0 aliphatic carbocycles. The minimum absolute atomic E-state index is 0.0295. The van der Waals surface area contributed by atoms with E-state index in [1.54, 1.807) is 11.8 Å². The summed E-state index contributed by atoms with van der Waals surface area (Å²) in [6, 6.07) is 10.4. The van der Waals surface area contributed by atoms with Gasteiger partial charge in [-0.15, -0.1) is 11.8 Å². The number of amides is 1. The standard InChI is InChI=1S/C18H28N2OS/c1-14(2)17(22-13-16-6-4-3-5-7-16)18(21)20-11-9-15-8-10-19-12-15/h3-7,14-15,17,19H,8-13H2,1-2H3,(H,20,21). The largest absolute Gasteiger partial charge is 0.355 e. The van der Waals surface area contributed by atoms with Crippen LogP contribution in [-0.2, 0) is 10.5 Å². The van der Waals surface area contributed by atoms with Gasteiger partial charge >= 0.3 is 0 Å². The number of nitrogens with one attached hydrogen (secondary N) is 2. The van der Waals surface area contributed by atoms with Crippen LogP contribution in [0.3, 0.4) is 0 Å². The fourth-order valence-electron chi connectivity index (χ4n) is 2.79. The highest BCUT2D eigenvalue weighted by atomic mass is 32.2. The summed E-state index contributed by atoms with van der Waals surface area (Å²) in [6.45, 7) is 7.29. The Balaban J connectivity index is 1.75. The summed E-state index contributed by atoms with van der Waals surface area (Å²) >= 11 is 1.75. The molecule has 3 nitrogen and oxygen atoms in total. The Bertz CT molecular complexity index is 444. The maximum atomic E-state index is 12.4. The predicted molar refractivity (Wildman–Crippen MR) is 95.0 cm³/mol. The molecule has 0 saturated carbocycles. The first-order chi connectivity index (χ1) is 10.7. The van der Waals surface area contributed by atoms with Crippen molar-refractivity contribution in [3.8, 4) is 0 Å². The lowest BCUT2D eigenvalue weighted by molar-refractivity contribution is -0.121. The first-order valence-electron chi connectivity index (χ1n) is 8.30. The van der Waals surface area contributed by atoms with Gasteiger partial charge in [0.2, 0.25) is 5.91 Å². The molecular weight excluding hydrogens is 292 g/mol. The van der Waals surface area contributed by atoms with Crippen molar-refractivity contribution in [2.75, 3.05) is 19.6 Å². The van der Waals surface area contributed by atoms with Crippen LogP contribution < -0.4 is 10.6 Å². The molecule has 122 valence electrons. The van der Waals surface area contributed by atoms with E-state index in [0.717, 1.165) is 37.7 Å². The van der Waals surface area contributed by atoms with Gasteiger partial charge in [0, 0.05) is 12.3 Å². The zero-order valence-corrected chi connectivity index (χ0v) is 14.5. The van der Waals surface area contributed by atoms with E-state index < -0.39 is 0 Å². The third-order valence-corrected chi connectivity index (χ3v) is 5.77. The van der Waals surface area contributed by atoms with Gasteiger partial charge < -0.3 is 10.6 Å². The Morgan fingerprint density at radius 2 is 2.14 bits per heavy atom. The molecule has 0 radical (unpaired) electrons. The predicted octanol–water partition coefficient (Wildman–Crippen LogP) is 3.06. The van der Waals surface area contributed by atoms with Gasteiger partial charge in [-0.1, -0.05) is 44.2 Å². The molecule has 2 unspecified atom stereocenters. The molecule has 2 atom stereocenters. The van der Waals surface area contributed by atoms with Crippen LogP contribution in [-0.4, -0.2) is 30.8 Å². The van der Waals surface area contributed by atoms with Crippen molar-refractivity contribution in [1.82, 2.24) is 10.6 Å². The van der Waals surface area contributed by atoms with E-state index in [2.05, 4.69) is 48.7 Å². The van der Waals surface area contributed by atoms with E-state index in [-0.39, 0.29) is 11.2 Å². The molecule has 4 heteroatoms.